The van der Waals surface area contributed by atoms with E-state index in [-0.39, 0.29) is 0 Å². The number of nitrogens with one attached hydrogen (secondary N) is 1. The zero-order valence-corrected chi connectivity index (χ0v) is 11.3. The molecule has 0 aliphatic carbocycles. The predicted octanol–water partition coefficient (Wildman–Crippen LogP) is 4.58. The van der Waals surface area contributed by atoms with E-state index in [4.69, 9.17) is 23.2 Å². The smallest absolute Gasteiger partial charge is 0.0835 e. The molecule has 0 aliphatic heterocycles. The molecular weight excluding hydrogens is 297 g/mol. The third-order valence-corrected chi connectivity index (χ3v) is 3.55. The van der Waals surface area contributed by atoms with Gasteiger partial charge < -0.3 is 5.32 Å². The molecule has 0 fully saturated rings. The zero-order valence-electron chi connectivity index (χ0n) is 8.20. The first kappa shape index (κ1) is 12.7. The lowest BCUT2D eigenvalue weighted by atomic mass is 10.3. The van der Waals surface area contributed by atoms with Crippen LogP contribution in [0.25, 0.3) is 0 Å². The molecule has 0 amide bonds. The standard InChI is InChI=1S/C11H10BrCl2N/c1-2-3-4-7-15-9-6-5-8(12)10(13)11(9)14/h5-6,15H,4,7H2,1H3. The third-order valence-electron chi connectivity index (χ3n) is 1.78. The van der Waals surface area contributed by atoms with Gasteiger partial charge in [-0.15, -0.1) is 11.8 Å². The van der Waals surface area contributed by atoms with Gasteiger partial charge in [-0.25, -0.2) is 0 Å². The van der Waals surface area contributed by atoms with Gasteiger partial charge in [0.2, 0.25) is 0 Å². The lowest BCUT2D eigenvalue weighted by Gasteiger charge is -2.08. The molecule has 0 saturated carbocycles. The van der Waals surface area contributed by atoms with Gasteiger partial charge in [-0.05, 0) is 35.0 Å². The Labute approximate surface area is 108 Å². The molecule has 15 heavy (non-hydrogen) atoms. The van der Waals surface area contributed by atoms with Crippen molar-refractivity contribution in [3.05, 3.63) is 26.7 Å². The van der Waals surface area contributed by atoms with Crippen molar-refractivity contribution in [3.63, 3.8) is 0 Å². The van der Waals surface area contributed by atoms with Crippen molar-refractivity contribution < 1.29 is 0 Å². The normalized spacial score (nSPS) is 9.33. The molecule has 0 spiro atoms. The minimum absolute atomic E-state index is 0.531. The fourth-order valence-corrected chi connectivity index (χ4v) is 1.89. The van der Waals surface area contributed by atoms with E-state index in [9.17, 15) is 0 Å². The van der Waals surface area contributed by atoms with E-state index in [1.807, 2.05) is 19.1 Å². The predicted molar refractivity (Wildman–Crippen MR) is 70.7 cm³/mol. The van der Waals surface area contributed by atoms with Gasteiger partial charge in [0.05, 0.1) is 15.7 Å². The average molecular weight is 307 g/mol. The second-order valence-electron chi connectivity index (χ2n) is 2.83. The summed E-state index contributed by atoms with van der Waals surface area (Å²) in [4.78, 5) is 0. The Balaban J connectivity index is 2.68. The SMILES string of the molecule is CC#CCCNc1ccc(Br)c(Cl)c1Cl. The van der Waals surface area contributed by atoms with Crippen molar-refractivity contribution in [2.24, 2.45) is 0 Å². The van der Waals surface area contributed by atoms with Crippen LogP contribution >= 0.6 is 39.1 Å². The summed E-state index contributed by atoms with van der Waals surface area (Å²) in [5.74, 6) is 5.80. The summed E-state index contributed by atoms with van der Waals surface area (Å²) in [6.07, 6.45) is 0.792. The Morgan fingerprint density at radius 1 is 1.33 bits per heavy atom. The molecule has 0 aliphatic rings. The van der Waals surface area contributed by atoms with Gasteiger partial charge in [-0.3, -0.25) is 0 Å². The first-order valence-corrected chi connectivity index (χ1v) is 5.98. The van der Waals surface area contributed by atoms with Crippen LogP contribution in [-0.2, 0) is 0 Å². The molecule has 0 aromatic heterocycles. The van der Waals surface area contributed by atoms with Crippen LogP contribution in [0.5, 0.6) is 0 Å². The molecule has 1 nitrogen and oxygen atoms in total. The van der Waals surface area contributed by atoms with Gasteiger partial charge in [-0.2, -0.15) is 0 Å². The topological polar surface area (TPSA) is 12.0 Å². The first-order chi connectivity index (χ1) is 7.16. The highest BCUT2D eigenvalue weighted by molar-refractivity contribution is 9.10. The maximum atomic E-state index is 6.05. The highest BCUT2D eigenvalue weighted by atomic mass is 79.9. The van der Waals surface area contributed by atoms with Gasteiger partial charge in [0.25, 0.3) is 0 Å². The molecule has 0 heterocycles. The van der Waals surface area contributed by atoms with Crippen LogP contribution < -0.4 is 5.32 Å². The van der Waals surface area contributed by atoms with Gasteiger partial charge in [-0.1, -0.05) is 23.2 Å². The van der Waals surface area contributed by atoms with E-state index in [1.54, 1.807) is 0 Å². The Kier molecular flexibility index (Phi) is 5.31. The van der Waals surface area contributed by atoms with Gasteiger partial charge in [0.15, 0.2) is 0 Å². The van der Waals surface area contributed by atoms with Crippen molar-refractivity contribution in [1.29, 1.82) is 0 Å². The first-order valence-electron chi connectivity index (χ1n) is 4.43. The number of rotatable bonds is 3. The molecule has 1 N–H and O–H groups in total. The van der Waals surface area contributed by atoms with E-state index in [0.717, 1.165) is 23.1 Å². The summed E-state index contributed by atoms with van der Waals surface area (Å²) in [5, 5.41) is 4.24. The Hall–Kier alpha value is -0.360. The number of hydrogen-bond donors (Lipinski definition) is 1. The largest absolute Gasteiger partial charge is 0.383 e. The maximum Gasteiger partial charge on any atom is 0.0835 e. The Morgan fingerprint density at radius 3 is 2.73 bits per heavy atom. The van der Waals surface area contributed by atoms with Crippen LogP contribution in [0.3, 0.4) is 0 Å². The summed E-state index contributed by atoms with van der Waals surface area (Å²) in [6.45, 7) is 2.59. The van der Waals surface area contributed by atoms with E-state index < -0.39 is 0 Å². The van der Waals surface area contributed by atoms with Crippen LogP contribution in [0.4, 0.5) is 5.69 Å². The molecule has 0 saturated heterocycles. The van der Waals surface area contributed by atoms with Gasteiger partial charge in [0, 0.05) is 17.4 Å². The third kappa shape index (κ3) is 3.61. The van der Waals surface area contributed by atoms with Crippen molar-refractivity contribution in [2.45, 2.75) is 13.3 Å². The van der Waals surface area contributed by atoms with E-state index in [2.05, 4.69) is 33.1 Å². The highest BCUT2D eigenvalue weighted by Gasteiger charge is 2.07. The van der Waals surface area contributed by atoms with Crippen molar-refractivity contribution in [1.82, 2.24) is 0 Å². The van der Waals surface area contributed by atoms with Gasteiger partial charge >= 0.3 is 0 Å². The molecule has 1 aromatic carbocycles. The molecule has 0 radical (unpaired) electrons. The molecule has 1 aromatic rings. The Morgan fingerprint density at radius 2 is 2.07 bits per heavy atom. The summed E-state index contributed by atoms with van der Waals surface area (Å²) in [7, 11) is 0. The van der Waals surface area contributed by atoms with Crippen molar-refractivity contribution in [2.75, 3.05) is 11.9 Å². The number of anilines is 1. The fraction of sp³-hybridized carbons (Fsp3) is 0.273. The summed E-state index contributed by atoms with van der Waals surface area (Å²) >= 11 is 15.3. The minimum Gasteiger partial charge on any atom is -0.383 e. The van der Waals surface area contributed by atoms with E-state index in [0.29, 0.717) is 10.0 Å². The molecule has 0 bridgehead atoms. The Bertz CT molecular complexity index is 407. The quantitative estimate of drug-likeness (QED) is 0.489. The van der Waals surface area contributed by atoms with Crippen LogP contribution in [0.15, 0.2) is 16.6 Å². The van der Waals surface area contributed by atoms with E-state index in [1.165, 1.54) is 0 Å². The molecule has 0 atom stereocenters. The monoisotopic (exact) mass is 305 g/mol. The molecule has 0 unspecified atom stereocenters. The van der Waals surface area contributed by atoms with Crippen LogP contribution in [0.1, 0.15) is 13.3 Å². The lowest BCUT2D eigenvalue weighted by molar-refractivity contribution is 1.10. The van der Waals surface area contributed by atoms with Gasteiger partial charge in [0.1, 0.15) is 0 Å². The fourth-order valence-electron chi connectivity index (χ4n) is 1.05. The number of hydrogen-bond acceptors (Lipinski definition) is 1. The van der Waals surface area contributed by atoms with Crippen LogP contribution in [0.2, 0.25) is 10.0 Å². The average Bonchev–Trinajstić information content (AvgIpc) is 2.24. The van der Waals surface area contributed by atoms with E-state index >= 15 is 0 Å². The second-order valence-corrected chi connectivity index (χ2v) is 4.44. The molecule has 80 valence electrons. The summed E-state index contributed by atoms with van der Waals surface area (Å²) in [6, 6.07) is 3.75. The molecule has 1 rings (SSSR count). The number of halogens is 3. The van der Waals surface area contributed by atoms with Crippen LogP contribution in [-0.4, -0.2) is 6.54 Å². The summed E-state index contributed by atoms with van der Waals surface area (Å²) in [5.41, 5.74) is 0.836. The summed E-state index contributed by atoms with van der Waals surface area (Å²) < 4.78 is 0.799. The van der Waals surface area contributed by atoms with Crippen molar-refractivity contribution >= 4 is 44.8 Å². The zero-order chi connectivity index (χ0) is 11.3. The van der Waals surface area contributed by atoms with Crippen molar-refractivity contribution in [3.8, 4) is 11.8 Å². The lowest BCUT2D eigenvalue weighted by Crippen LogP contribution is -2.01. The second kappa shape index (κ2) is 6.27. The number of benzene rings is 1. The van der Waals surface area contributed by atoms with Crippen LogP contribution in [0, 0.1) is 11.8 Å². The molecular formula is C11H10BrCl2N. The maximum absolute atomic E-state index is 6.05. The highest BCUT2D eigenvalue weighted by Crippen LogP contribution is 2.35. The minimum atomic E-state index is 0.531. The molecule has 4 heteroatoms.